The molecular weight excluding hydrogens is 380 g/mol. The van der Waals surface area contributed by atoms with E-state index in [2.05, 4.69) is 19.2 Å². The Morgan fingerprint density at radius 1 is 1.22 bits per heavy atom. The van der Waals surface area contributed by atoms with Crippen molar-refractivity contribution in [3.63, 3.8) is 0 Å². The van der Waals surface area contributed by atoms with Gasteiger partial charge in [-0.15, -0.1) is 11.8 Å². The summed E-state index contributed by atoms with van der Waals surface area (Å²) in [6.07, 6.45) is 8.52. The predicted octanol–water partition coefficient (Wildman–Crippen LogP) is 4.29. The summed E-state index contributed by atoms with van der Waals surface area (Å²) < 4.78 is 25.9. The van der Waals surface area contributed by atoms with Crippen LogP contribution >= 0.6 is 11.8 Å². The normalized spacial score (nSPS) is 12.6. The van der Waals surface area contributed by atoms with Gasteiger partial charge in [-0.25, -0.2) is 8.42 Å². The third kappa shape index (κ3) is 8.56. The Kier molecular flexibility index (Phi) is 10.8. The molecule has 154 valence electrons. The number of unbranched alkanes of at least 4 members (excludes halogenated alkanes) is 1. The zero-order valence-corrected chi connectivity index (χ0v) is 18.7. The third-order valence-electron chi connectivity index (χ3n) is 4.65. The van der Waals surface area contributed by atoms with Gasteiger partial charge in [-0.1, -0.05) is 45.2 Å². The molecule has 5 nitrogen and oxygen atoms in total. The quantitative estimate of drug-likeness (QED) is 0.489. The maximum absolute atomic E-state index is 12.2. The summed E-state index contributed by atoms with van der Waals surface area (Å²) in [5.74, 6) is 0.520. The fourth-order valence-electron chi connectivity index (χ4n) is 2.97. The van der Waals surface area contributed by atoms with E-state index in [-0.39, 0.29) is 5.91 Å². The minimum Gasteiger partial charge on any atom is -0.356 e. The molecule has 0 bridgehead atoms. The zero-order chi connectivity index (χ0) is 20.3. The smallest absolute Gasteiger partial charge is 0.232 e. The second-order valence-corrected chi connectivity index (χ2v) is 9.59. The number of sulfonamides is 1. The molecule has 0 aromatic heterocycles. The van der Waals surface area contributed by atoms with Crippen molar-refractivity contribution in [2.45, 2.75) is 57.3 Å². The highest BCUT2D eigenvalue weighted by Gasteiger charge is 2.20. The number of hydrogen-bond acceptors (Lipinski definition) is 4. The van der Waals surface area contributed by atoms with Gasteiger partial charge < -0.3 is 5.32 Å². The van der Waals surface area contributed by atoms with Crippen LogP contribution in [0, 0.1) is 5.92 Å². The Bertz CT molecular complexity index is 678. The summed E-state index contributed by atoms with van der Waals surface area (Å²) in [5.41, 5.74) is 0.679. The van der Waals surface area contributed by atoms with Crippen molar-refractivity contribution < 1.29 is 13.2 Å². The standard InChI is InChI=1S/C20H34N2O3S2/c1-5-7-11-17(6-2)16-21-20(23)14-10-15-22(27(4,24)25)18-12-8-9-13-19(18)26-3/h8-9,12-13,17H,5-7,10-11,14-16H2,1-4H3,(H,21,23)/t17-/m0/s1. The Hall–Kier alpha value is -1.21. The molecule has 7 heteroatoms. The Labute approximate surface area is 169 Å². The second kappa shape index (κ2) is 12.3. The molecule has 0 spiro atoms. The van der Waals surface area contributed by atoms with Gasteiger partial charge in [0.05, 0.1) is 11.9 Å². The van der Waals surface area contributed by atoms with E-state index < -0.39 is 10.0 Å². The minimum atomic E-state index is -3.40. The summed E-state index contributed by atoms with van der Waals surface area (Å²) in [5, 5.41) is 3.01. The number of amides is 1. The van der Waals surface area contributed by atoms with Crippen LogP contribution in [0.4, 0.5) is 5.69 Å². The third-order valence-corrected chi connectivity index (χ3v) is 6.62. The van der Waals surface area contributed by atoms with Crippen molar-refractivity contribution in [3.8, 4) is 0 Å². The number of thioether (sulfide) groups is 1. The lowest BCUT2D eigenvalue weighted by atomic mass is 9.99. The molecule has 0 saturated heterocycles. The van der Waals surface area contributed by atoms with Gasteiger partial charge in [0.1, 0.15) is 0 Å². The molecule has 1 aromatic rings. The highest BCUT2D eigenvalue weighted by Crippen LogP contribution is 2.30. The van der Waals surface area contributed by atoms with Crippen molar-refractivity contribution in [2.24, 2.45) is 5.92 Å². The molecule has 1 aromatic carbocycles. The number of rotatable bonds is 13. The lowest BCUT2D eigenvalue weighted by Gasteiger charge is -2.24. The molecule has 1 amide bonds. The van der Waals surface area contributed by atoms with E-state index in [9.17, 15) is 13.2 Å². The summed E-state index contributed by atoms with van der Waals surface area (Å²) in [4.78, 5) is 13.1. The zero-order valence-electron chi connectivity index (χ0n) is 17.0. The molecule has 0 radical (unpaired) electrons. The lowest BCUT2D eigenvalue weighted by Crippen LogP contribution is -2.33. The number of carbonyl (C=O) groups is 1. The van der Waals surface area contributed by atoms with Gasteiger partial charge in [-0.05, 0) is 37.1 Å². The van der Waals surface area contributed by atoms with Crippen LogP contribution < -0.4 is 9.62 Å². The van der Waals surface area contributed by atoms with Crippen molar-refractivity contribution in [1.29, 1.82) is 0 Å². The Balaban J connectivity index is 2.59. The summed E-state index contributed by atoms with van der Waals surface area (Å²) >= 11 is 1.51. The number of nitrogens with one attached hydrogen (secondary N) is 1. The van der Waals surface area contributed by atoms with E-state index in [0.29, 0.717) is 37.5 Å². The first-order valence-electron chi connectivity index (χ1n) is 9.70. The van der Waals surface area contributed by atoms with Gasteiger partial charge in [-0.3, -0.25) is 9.10 Å². The molecule has 1 atom stereocenters. The molecule has 1 N–H and O–H groups in total. The van der Waals surface area contributed by atoms with Crippen LogP contribution in [0.1, 0.15) is 52.4 Å². The number of nitrogens with zero attached hydrogens (tertiary/aromatic N) is 1. The van der Waals surface area contributed by atoms with Crippen molar-refractivity contribution >= 4 is 33.4 Å². The lowest BCUT2D eigenvalue weighted by molar-refractivity contribution is -0.121. The van der Waals surface area contributed by atoms with E-state index in [0.717, 1.165) is 17.7 Å². The topological polar surface area (TPSA) is 66.5 Å². The van der Waals surface area contributed by atoms with Gasteiger partial charge in [0.25, 0.3) is 0 Å². The molecular formula is C20H34N2O3S2. The molecule has 0 aliphatic rings. The molecule has 0 saturated carbocycles. The highest BCUT2D eigenvalue weighted by atomic mass is 32.2. The summed E-state index contributed by atoms with van der Waals surface area (Å²) in [6, 6.07) is 7.45. The SMILES string of the molecule is CCCC[C@H](CC)CNC(=O)CCCN(c1ccccc1SC)S(C)(=O)=O. The van der Waals surface area contributed by atoms with Crippen LogP contribution in [0.2, 0.25) is 0 Å². The largest absolute Gasteiger partial charge is 0.356 e. The molecule has 0 fully saturated rings. The van der Waals surface area contributed by atoms with Crippen molar-refractivity contribution in [1.82, 2.24) is 5.32 Å². The fraction of sp³-hybridized carbons (Fsp3) is 0.650. The number of carbonyl (C=O) groups excluding carboxylic acids is 1. The van der Waals surface area contributed by atoms with Gasteiger partial charge in [0.15, 0.2) is 0 Å². The van der Waals surface area contributed by atoms with E-state index in [1.54, 1.807) is 0 Å². The highest BCUT2D eigenvalue weighted by molar-refractivity contribution is 7.99. The molecule has 27 heavy (non-hydrogen) atoms. The number of hydrogen-bond donors (Lipinski definition) is 1. The van der Waals surface area contributed by atoms with E-state index >= 15 is 0 Å². The second-order valence-electron chi connectivity index (χ2n) is 6.83. The summed E-state index contributed by atoms with van der Waals surface area (Å²) in [6.45, 7) is 5.34. The Morgan fingerprint density at radius 2 is 1.93 bits per heavy atom. The Morgan fingerprint density at radius 3 is 2.52 bits per heavy atom. The van der Waals surface area contributed by atoms with Crippen molar-refractivity contribution in [2.75, 3.05) is 29.9 Å². The van der Waals surface area contributed by atoms with Crippen LogP contribution in [0.15, 0.2) is 29.2 Å². The number of para-hydroxylation sites is 1. The maximum Gasteiger partial charge on any atom is 0.232 e. The van der Waals surface area contributed by atoms with Crippen LogP contribution in [0.5, 0.6) is 0 Å². The average molecular weight is 415 g/mol. The van der Waals surface area contributed by atoms with Gasteiger partial charge in [0, 0.05) is 24.4 Å². The van der Waals surface area contributed by atoms with Gasteiger partial charge >= 0.3 is 0 Å². The fourth-order valence-corrected chi connectivity index (χ4v) is 4.61. The van der Waals surface area contributed by atoms with E-state index in [4.69, 9.17) is 0 Å². The van der Waals surface area contributed by atoms with Gasteiger partial charge in [0.2, 0.25) is 15.9 Å². The number of benzene rings is 1. The monoisotopic (exact) mass is 414 g/mol. The average Bonchev–Trinajstić information content (AvgIpc) is 2.64. The van der Waals surface area contributed by atoms with Crippen molar-refractivity contribution in [3.05, 3.63) is 24.3 Å². The first-order valence-corrected chi connectivity index (χ1v) is 12.8. The first-order chi connectivity index (χ1) is 12.8. The maximum atomic E-state index is 12.2. The molecule has 0 aliphatic heterocycles. The summed E-state index contributed by atoms with van der Waals surface area (Å²) in [7, 11) is -3.40. The first kappa shape index (κ1) is 23.8. The predicted molar refractivity (Wildman–Crippen MR) is 116 cm³/mol. The van der Waals surface area contributed by atoms with E-state index in [1.165, 1.54) is 35.2 Å². The van der Waals surface area contributed by atoms with Crippen LogP contribution in [0.25, 0.3) is 0 Å². The van der Waals surface area contributed by atoms with Gasteiger partial charge in [-0.2, -0.15) is 0 Å². The number of anilines is 1. The molecule has 0 aliphatic carbocycles. The van der Waals surface area contributed by atoms with Crippen LogP contribution in [-0.2, 0) is 14.8 Å². The molecule has 0 heterocycles. The molecule has 0 unspecified atom stereocenters. The van der Waals surface area contributed by atoms with E-state index in [1.807, 2.05) is 30.5 Å². The molecule has 1 rings (SSSR count). The van der Waals surface area contributed by atoms with Crippen LogP contribution in [-0.4, -0.2) is 39.9 Å². The minimum absolute atomic E-state index is 0.00319. The van der Waals surface area contributed by atoms with Crippen LogP contribution in [0.3, 0.4) is 0 Å².